The van der Waals surface area contributed by atoms with Crippen LogP contribution in [-0.4, -0.2) is 57.7 Å². The van der Waals surface area contributed by atoms with E-state index in [9.17, 15) is 4.79 Å². The molecule has 0 spiro atoms. The van der Waals surface area contributed by atoms with Gasteiger partial charge < -0.3 is 10.0 Å². The Morgan fingerprint density at radius 2 is 2.33 bits per heavy atom. The third kappa shape index (κ3) is 3.20. The molecule has 114 valence electrons. The first-order valence-corrected chi connectivity index (χ1v) is 7.45. The van der Waals surface area contributed by atoms with Gasteiger partial charge in [-0.25, -0.2) is 4.98 Å². The van der Waals surface area contributed by atoms with E-state index in [0.717, 1.165) is 32.4 Å². The zero-order chi connectivity index (χ0) is 14.7. The van der Waals surface area contributed by atoms with Gasteiger partial charge in [-0.05, 0) is 25.2 Å². The predicted octanol–water partition coefficient (Wildman–Crippen LogP) is -0.444. The fourth-order valence-corrected chi connectivity index (χ4v) is 3.18. The first-order valence-electron chi connectivity index (χ1n) is 7.45. The minimum absolute atomic E-state index is 0.0385. The van der Waals surface area contributed by atoms with Crippen LogP contribution in [0.2, 0.25) is 0 Å². The molecule has 0 aliphatic carbocycles. The van der Waals surface area contributed by atoms with Gasteiger partial charge in [-0.2, -0.15) is 0 Å². The van der Waals surface area contributed by atoms with E-state index >= 15 is 0 Å². The Labute approximate surface area is 123 Å². The third-order valence-corrected chi connectivity index (χ3v) is 4.35. The molecule has 3 unspecified atom stereocenters. The van der Waals surface area contributed by atoms with Crippen LogP contribution in [0.1, 0.15) is 29.8 Å². The van der Waals surface area contributed by atoms with E-state index in [1.165, 1.54) is 6.20 Å². The van der Waals surface area contributed by atoms with Crippen molar-refractivity contribution in [3.05, 3.63) is 24.3 Å². The number of amides is 1. The topological polar surface area (TPSA) is 90.4 Å². The van der Waals surface area contributed by atoms with E-state index in [1.54, 1.807) is 12.4 Å². The van der Waals surface area contributed by atoms with Crippen LogP contribution in [0, 0.1) is 5.92 Å². The molecule has 1 amide bonds. The van der Waals surface area contributed by atoms with Gasteiger partial charge in [0, 0.05) is 44.2 Å². The smallest absolute Gasteiger partial charge is 0.274 e. The van der Waals surface area contributed by atoms with E-state index in [2.05, 4.69) is 20.8 Å². The van der Waals surface area contributed by atoms with Crippen molar-refractivity contribution in [1.29, 1.82) is 0 Å². The lowest BCUT2D eigenvalue weighted by atomic mass is 9.94. The van der Waals surface area contributed by atoms with Crippen molar-refractivity contribution in [2.24, 2.45) is 5.92 Å². The van der Waals surface area contributed by atoms with Crippen LogP contribution in [0.25, 0.3) is 0 Å². The van der Waals surface area contributed by atoms with Gasteiger partial charge in [-0.1, -0.05) is 0 Å². The summed E-state index contributed by atoms with van der Waals surface area (Å²) in [4.78, 5) is 22.2. The zero-order valence-corrected chi connectivity index (χ0v) is 11.9. The van der Waals surface area contributed by atoms with Crippen LogP contribution < -0.4 is 10.9 Å². The van der Waals surface area contributed by atoms with Crippen molar-refractivity contribution in [3.63, 3.8) is 0 Å². The minimum Gasteiger partial charge on any atom is -0.396 e. The molecule has 2 fully saturated rings. The molecule has 3 rings (SSSR count). The summed E-state index contributed by atoms with van der Waals surface area (Å²) in [6, 6.07) is 0.686. The number of carbonyl (C=O) groups is 1. The van der Waals surface area contributed by atoms with Crippen LogP contribution >= 0.6 is 0 Å². The van der Waals surface area contributed by atoms with Crippen LogP contribution in [0.5, 0.6) is 0 Å². The molecule has 2 saturated heterocycles. The van der Waals surface area contributed by atoms with Gasteiger partial charge >= 0.3 is 0 Å². The molecule has 3 heterocycles. The molecule has 2 aliphatic rings. The van der Waals surface area contributed by atoms with E-state index in [1.807, 2.05) is 4.90 Å². The number of aromatic nitrogens is 2. The summed E-state index contributed by atoms with van der Waals surface area (Å²) in [7, 11) is 0. The van der Waals surface area contributed by atoms with Gasteiger partial charge in [-0.3, -0.25) is 20.6 Å². The number of hydrazine groups is 1. The number of aliphatic hydroxyl groups is 1. The van der Waals surface area contributed by atoms with Gasteiger partial charge in [0.2, 0.25) is 0 Å². The second kappa shape index (κ2) is 6.46. The van der Waals surface area contributed by atoms with Gasteiger partial charge in [-0.15, -0.1) is 0 Å². The molecule has 3 N–H and O–H groups in total. The molecule has 0 saturated carbocycles. The molecular formula is C14H21N5O2. The number of nitrogens with zero attached hydrogens (tertiary/aromatic N) is 3. The fourth-order valence-electron chi connectivity index (χ4n) is 3.18. The normalized spacial score (nSPS) is 29.0. The highest BCUT2D eigenvalue weighted by Gasteiger charge is 2.36. The Morgan fingerprint density at radius 3 is 3.10 bits per heavy atom. The number of aliphatic hydroxyl groups excluding tert-OH is 1. The molecule has 7 nitrogen and oxygen atoms in total. The maximum absolute atomic E-state index is 12.3. The van der Waals surface area contributed by atoms with Crippen LogP contribution in [0.15, 0.2) is 18.6 Å². The Hall–Kier alpha value is -1.57. The molecule has 0 aromatic carbocycles. The number of rotatable bonds is 4. The number of hydrogen-bond donors (Lipinski definition) is 3. The average Bonchev–Trinajstić information content (AvgIpc) is 3.16. The molecule has 1 aromatic heterocycles. The molecule has 21 heavy (non-hydrogen) atoms. The van der Waals surface area contributed by atoms with Crippen molar-refractivity contribution in [1.82, 2.24) is 25.7 Å². The van der Waals surface area contributed by atoms with E-state index in [-0.39, 0.29) is 12.5 Å². The van der Waals surface area contributed by atoms with Gasteiger partial charge in [0.25, 0.3) is 5.91 Å². The molecule has 3 atom stereocenters. The van der Waals surface area contributed by atoms with Gasteiger partial charge in [0.1, 0.15) is 5.69 Å². The lowest BCUT2D eigenvalue weighted by molar-refractivity contribution is 0.0778. The summed E-state index contributed by atoms with van der Waals surface area (Å²) >= 11 is 0. The van der Waals surface area contributed by atoms with Crippen molar-refractivity contribution in [2.45, 2.75) is 31.3 Å². The number of likely N-dealkylation sites (tertiary alicyclic amines) is 1. The lowest BCUT2D eigenvalue weighted by Gasteiger charge is -2.19. The van der Waals surface area contributed by atoms with Crippen LogP contribution in [0.3, 0.4) is 0 Å². The molecule has 2 aliphatic heterocycles. The van der Waals surface area contributed by atoms with Gasteiger partial charge in [0.15, 0.2) is 0 Å². The van der Waals surface area contributed by atoms with E-state index in [0.29, 0.717) is 23.7 Å². The van der Waals surface area contributed by atoms with Crippen LogP contribution in [0.4, 0.5) is 0 Å². The molecule has 1 aromatic rings. The predicted molar refractivity (Wildman–Crippen MR) is 76.2 cm³/mol. The van der Waals surface area contributed by atoms with Crippen LogP contribution in [-0.2, 0) is 0 Å². The number of nitrogens with one attached hydrogen (secondary N) is 2. The summed E-state index contributed by atoms with van der Waals surface area (Å²) in [5.41, 5.74) is 6.94. The standard InChI is InChI=1S/C14H21N5O2/c20-6-2-11-7-12(18-17-11)10-1-5-19(9-10)14(21)13-8-15-3-4-16-13/h3-4,8,10-12,17-18,20H,1-2,5-7,9H2. The quantitative estimate of drug-likeness (QED) is 0.696. The Bertz CT molecular complexity index is 484. The summed E-state index contributed by atoms with van der Waals surface area (Å²) in [5.74, 6) is 0.408. The summed E-state index contributed by atoms with van der Waals surface area (Å²) in [6.45, 7) is 1.72. The molecular weight excluding hydrogens is 270 g/mol. The Balaban J connectivity index is 1.55. The van der Waals surface area contributed by atoms with Gasteiger partial charge in [0.05, 0.1) is 6.20 Å². The van der Waals surface area contributed by atoms with Crippen molar-refractivity contribution in [3.8, 4) is 0 Å². The summed E-state index contributed by atoms with van der Waals surface area (Å²) < 4.78 is 0. The monoisotopic (exact) mass is 291 g/mol. The number of hydrogen-bond acceptors (Lipinski definition) is 6. The summed E-state index contributed by atoms with van der Waals surface area (Å²) in [6.07, 6.45) is 7.39. The highest BCUT2D eigenvalue weighted by atomic mass is 16.3. The third-order valence-electron chi connectivity index (χ3n) is 4.35. The maximum Gasteiger partial charge on any atom is 0.274 e. The SMILES string of the molecule is O=C(c1cnccn1)N1CCC(C2CC(CCO)NN2)C1. The van der Waals surface area contributed by atoms with Crippen molar-refractivity contribution in [2.75, 3.05) is 19.7 Å². The van der Waals surface area contributed by atoms with Crippen molar-refractivity contribution >= 4 is 5.91 Å². The Morgan fingerprint density at radius 1 is 1.43 bits per heavy atom. The fraction of sp³-hybridized carbons (Fsp3) is 0.643. The zero-order valence-electron chi connectivity index (χ0n) is 11.9. The van der Waals surface area contributed by atoms with Crippen molar-refractivity contribution < 1.29 is 9.90 Å². The van der Waals surface area contributed by atoms with E-state index in [4.69, 9.17) is 5.11 Å². The lowest BCUT2D eigenvalue weighted by Crippen LogP contribution is -2.39. The minimum atomic E-state index is -0.0385. The molecule has 0 bridgehead atoms. The molecule has 7 heteroatoms. The first kappa shape index (κ1) is 14.4. The highest BCUT2D eigenvalue weighted by molar-refractivity contribution is 5.92. The highest BCUT2D eigenvalue weighted by Crippen LogP contribution is 2.25. The second-order valence-electron chi connectivity index (χ2n) is 5.73. The molecule has 0 radical (unpaired) electrons. The largest absolute Gasteiger partial charge is 0.396 e. The Kier molecular flexibility index (Phi) is 4.42. The maximum atomic E-state index is 12.3. The first-order chi connectivity index (χ1) is 10.3. The van der Waals surface area contributed by atoms with E-state index < -0.39 is 0 Å². The average molecular weight is 291 g/mol. The summed E-state index contributed by atoms with van der Waals surface area (Å²) in [5, 5.41) is 8.99. The second-order valence-corrected chi connectivity index (χ2v) is 5.73. The number of carbonyl (C=O) groups excluding carboxylic acids is 1.